The third kappa shape index (κ3) is 3.35. The first kappa shape index (κ1) is 19.9. The molecule has 0 saturated heterocycles. The maximum Gasteiger partial charge on any atom is 0.354 e. The quantitative estimate of drug-likeness (QED) is 0.568. The number of rotatable bonds is 6. The molecule has 28 heavy (non-hydrogen) atoms. The Morgan fingerprint density at radius 3 is 2.29 bits per heavy atom. The normalized spacial score (nSPS) is 14.5. The fourth-order valence-corrected chi connectivity index (χ4v) is 3.80. The van der Waals surface area contributed by atoms with E-state index in [0.29, 0.717) is 28.1 Å². The van der Waals surface area contributed by atoms with Gasteiger partial charge in [-0.05, 0) is 51.3 Å². The summed E-state index contributed by atoms with van der Waals surface area (Å²) >= 11 is 0. The maximum absolute atomic E-state index is 13.4. The van der Waals surface area contributed by atoms with E-state index in [2.05, 4.69) is 0 Å². The van der Waals surface area contributed by atoms with Crippen molar-refractivity contribution >= 4 is 17.7 Å². The van der Waals surface area contributed by atoms with Gasteiger partial charge in [-0.3, -0.25) is 9.59 Å². The van der Waals surface area contributed by atoms with Crippen LogP contribution in [0, 0.1) is 13.8 Å². The Morgan fingerprint density at radius 1 is 1.14 bits per heavy atom. The second-order valence-corrected chi connectivity index (χ2v) is 7.33. The van der Waals surface area contributed by atoms with E-state index in [-0.39, 0.29) is 17.7 Å². The third-order valence-electron chi connectivity index (χ3n) is 5.55. The van der Waals surface area contributed by atoms with Gasteiger partial charge in [-0.25, -0.2) is 4.79 Å². The van der Waals surface area contributed by atoms with Crippen molar-refractivity contribution in [3.05, 3.63) is 58.4 Å². The van der Waals surface area contributed by atoms with Crippen LogP contribution in [0.5, 0.6) is 0 Å². The predicted molar refractivity (Wildman–Crippen MR) is 106 cm³/mol. The zero-order valence-corrected chi connectivity index (χ0v) is 17.0. The molecule has 1 amide bonds. The Bertz CT molecular complexity index is 926. The molecular weight excluding hydrogens is 356 g/mol. The number of ketones is 1. The first-order valence-electron chi connectivity index (χ1n) is 9.45. The van der Waals surface area contributed by atoms with E-state index >= 15 is 0 Å². The number of hydrogen-bond acceptors (Lipinski definition) is 4. The molecule has 0 radical (unpaired) electrons. The molecular formula is C22H26N2O4. The molecule has 0 bridgehead atoms. The SMILES string of the molecule is COC(=O)c1c(C)c(C(=O)C(C)N(C(=O)c2ccccc2)C2CC2)c(C)n1C. The standard InChI is InChI=1S/C22H26N2O4/c1-13-18(14(2)23(4)19(13)22(27)28-5)20(25)15(3)24(17-11-12-17)21(26)16-9-7-6-8-10-16/h6-10,15,17H,11-12H2,1-5H3. The average Bonchev–Trinajstić information content (AvgIpc) is 3.49. The van der Waals surface area contributed by atoms with Gasteiger partial charge in [-0.2, -0.15) is 0 Å². The summed E-state index contributed by atoms with van der Waals surface area (Å²) in [5.74, 6) is -0.769. The van der Waals surface area contributed by atoms with Crippen molar-refractivity contribution in [2.75, 3.05) is 7.11 Å². The largest absolute Gasteiger partial charge is 0.464 e. The van der Waals surface area contributed by atoms with Crippen molar-refractivity contribution in [3.8, 4) is 0 Å². The van der Waals surface area contributed by atoms with Crippen LogP contribution in [-0.2, 0) is 11.8 Å². The molecule has 2 aromatic rings. The van der Waals surface area contributed by atoms with Crippen LogP contribution in [-0.4, -0.2) is 46.3 Å². The van der Waals surface area contributed by atoms with E-state index in [1.165, 1.54) is 7.11 Å². The van der Waals surface area contributed by atoms with Gasteiger partial charge in [0.15, 0.2) is 5.78 Å². The van der Waals surface area contributed by atoms with Crippen LogP contribution in [0.15, 0.2) is 30.3 Å². The molecule has 1 aliphatic carbocycles. The molecule has 148 valence electrons. The van der Waals surface area contributed by atoms with Crippen LogP contribution < -0.4 is 0 Å². The summed E-state index contributed by atoms with van der Waals surface area (Å²) in [6.45, 7) is 5.32. The molecule has 1 saturated carbocycles. The molecule has 0 N–H and O–H groups in total. The number of amides is 1. The average molecular weight is 382 g/mol. The van der Waals surface area contributed by atoms with Gasteiger partial charge in [-0.1, -0.05) is 18.2 Å². The summed E-state index contributed by atoms with van der Waals surface area (Å²) in [7, 11) is 3.06. The van der Waals surface area contributed by atoms with Gasteiger partial charge < -0.3 is 14.2 Å². The summed E-state index contributed by atoms with van der Waals surface area (Å²) in [4.78, 5) is 40.3. The minimum absolute atomic E-state index is 0.0797. The number of ether oxygens (including phenoxy) is 1. The number of benzene rings is 1. The lowest BCUT2D eigenvalue weighted by Gasteiger charge is -2.29. The molecule has 1 fully saturated rings. The summed E-state index contributed by atoms with van der Waals surface area (Å²) in [6.07, 6.45) is 1.80. The minimum atomic E-state index is -0.620. The molecule has 3 rings (SSSR count). The molecule has 1 atom stereocenters. The smallest absolute Gasteiger partial charge is 0.354 e. The number of aromatic nitrogens is 1. The van der Waals surface area contributed by atoms with E-state index < -0.39 is 12.0 Å². The van der Waals surface area contributed by atoms with Crippen molar-refractivity contribution in [2.24, 2.45) is 7.05 Å². The number of nitrogens with zero attached hydrogens (tertiary/aromatic N) is 2. The van der Waals surface area contributed by atoms with Crippen molar-refractivity contribution in [3.63, 3.8) is 0 Å². The van der Waals surface area contributed by atoms with E-state index in [9.17, 15) is 14.4 Å². The summed E-state index contributed by atoms with van der Waals surface area (Å²) in [5, 5.41) is 0. The molecule has 1 unspecified atom stereocenters. The van der Waals surface area contributed by atoms with Crippen molar-refractivity contribution in [1.29, 1.82) is 0 Å². The topological polar surface area (TPSA) is 68.6 Å². The van der Waals surface area contributed by atoms with Crippen LogP contribution in [0.1, 0.15) is 62.2 Å². The number of hydrogen-bond donors (Lipinski definition) is 0. The van der Waals surface area contributed by atoms with E-state index in [1.54, 1.807) is 49.4 Å². The van der Waals surface area contributed by atoms with Crippen LogP contribution in [0.3, 0.4) is 0 Å². The van der Waals surface area contributed by atoms with Crippen molar-refractivity contribution < 1.29 is 19.1 Å². The Hall–Kier alpha value is -2.89. The van der Waals surface area contributed by atoms with Crippen LogP contribution in [0.25, 0.3) is 0 Å². The first-order valence-corrected chi connectivity index (χ1v) is 9.45. The van der Waals surface area contributed by atoms with Crippen LogP contribution >= 0.6 is 0 Å². The molecule has 6 heteroatoms. The van der Waals surface area contributed by atoms with Crippen LogP contribution in [0.2, 0.25) is 0 Å². The highest BCUT2D eigenvalue weighted by Crippen LogP contribution is 2.32. The van der Waals surface area contributed by atoms with Crippen molar-refractivity contribution in [1.82, 2.24) is 9.47 Å². The van der Waals surface area contributed by atoms with E-state index in [1.807, 2.05) is 18.2 Å². The van der Waals surface area contributed by atoms with Gasteiger partial charge in [0.05, 0.1) is 13.2 Å². The Kier molecular flexibility index (Phi) is 5.40. The molecule has 1 aromatic carbocycles. The highest BCUT2D eigenvalue weighted by Gasteiger charge is 2.40. The number of carbonyl (C=O) groups excluding carboxylic acids is 3. The summed E-state index contributed by atoms with van der Waals surface area (Å²) < 4.78 is 6.54. The highest BCUT2D eigenvalue weighted by molar-refractivity contribution is 6.07. The molecule has 6 nitrogen and oxygen atoms in total. The number of esters is 1. The van der Waals surface area contributed by atoms with Gasteiger partial charge in [0, 0.05) is 29.9 Å². The zero-order valence-electron chi connectivity index (χ0n) is 17.0. The summed E-state index contributed by atoms with van der Waals surface area (Å²) in [5.41, 5.74) is 2.71. The molecule has 1 aromatic heterocycles. The Morgan fingerprint density at radius 2 is 1.75 bits per heavy atom. The van der Waals surface area contributed by atoms with E-state index in [4.69, 9.17) is 4.74 Å². The van der Waals surface area contributed by atoms with E-state index in [0.717, 1.165) is 12.8 Å². The second kappa shape index (κ2) is 7.62. The molecule has 0 spiro atoms. The minimum Gasteiger partial charge on any atom is -0.464 e. The Balaban J connectivity index is 1.97. The molecule has 0 aliphatic heterocycles. The lowest BCUT2D eigenvalue weighted by Crippen LogP contribution is -2.45. The van der Waals surface area contributed by atoms with Gasteiger partial charge in [0.25, 0.3) is 5.91 Å². The fraction of sp³-hybridized carbons (Fsp3) is 0.409. The lowest BCUT2D eigenvalue weighted by atomic mass is 9.99. The van der Waals surface area contributed by atoms with Gasteiger partial charge >= 0.3 is 5.97 Å². The van der Waals surface area contributed by atoms with Gasteiger partial charge in [0.1, 0.15) is 5.69 Å². The maximum atomic E-state index is 13.4. The monoisotopic (exact) mass is 382 g/mol. The second-order valence-electron chi connectivity index (χ2n) is 7.33. The molecule has 1 aliphatic rings. The lowest BCUT2D eigenvalue weighted by molar-refractivity contribution is 0.0587. The number of methoxy groups -OCH3 is 1. The summed E-state index contributed by atoms with van der Waals surface area (Å²) in [6, 6.07) is 8.49. The first-order chi connectivity index (χ1) is 13.3. The highest BCUT2D eigenvalue weighted by atomic mass is 16.5. The zero-order chi connectivity index (χ0) is 20.6. The molecule has 1 heterocycles. The predicted octanol–water partition coefficient (Wildman–Crippen LogP) is 3.30. The van der Waals surface area contributed by atoms with Gasteiger partial charge in [-0.15, -0.1) is 0 Å². The third-order valence-corrected chi connectivity index (χ3v) is 5.55. The van der Waals surface area contributed by atoms with Gasteiger partial charge in [0.2, 0.25) is 0 Å². The number of carbonyl (C=O) groups is 3. The Labute approximate surface area is 165 Å². The van der Waals surface area contributed by atoms with Crippen molar-refractivity contribution in [2.45, 2.75) is 45.7 Å². The van der Waals surface area contributed by atoms with Crippen LogP contribution in [0.4, 0.5) is 0 Å². The number of Topliss-reactive ketones (excluding diaryl/α,β-unsaturated/α-hetero) is 1. The fourth-order valence-electron chi connectivity index (χ4n) is 3.80.